The van der Waals surface area contributed by atoms with Gasteiger partial charge in [0.15, 0.2) is 5.11 Å². The van der Waals surface area contributed by atoms with Crippen LogP contribution < -0.4 is 5.32 Å². The summed E-state index contributed by atoms with van der Waals surface area (Å²) in [4.78, 5) is 5.37. The van der Waals surface area contributed by atoms with Crippen molar-refractivity contribution >= 4 is 66.9 Å². The van der Waals surface area contributed by atoms with E-state index in [1.807, 2.05) is 12.1 Å². The molecule has 0 saturated carbocycles. The lowest BCUT2D eigenvalue weighted by atomic mass is 10.1. The maximum absolute atomic E-state index is 5.70. The fourth-order valence-corrected chi connectivity index (χ4v) is 4.45. The number of fused-ring (bicyclic) bond motifs is 1. The summed E-state index contributed by atoms with van der Waals surface area (Å²) in [6, 6.07) is 22.8. The summed E-state index contributed by atoms with van der Waals surface area (Å²) in [6.45, 7) is 3.43. The minimum Gasteiger partial charge on any atom is -0.359 e. The standard InChI is InChI=1S/C22H20BrN3S2/c23-18-8-3-7-17(15-18)21(27)25-11-13-26(14-12-25)22(28)24-20-10-4-6-16-5-1-2-9-19(16)20/h1-10,15H,11-14H2,(H,24,28). The molecule has 0 unspecified atom stereocenters. The van der Waals surface area contributed by atoms with Gasteiger partial charge in [-0.05, 0) is 35.8 Å². The molecule has 1 aliphatic heterocycles. The molecule has 3 aromatic carbocycles. The van der Waals surface area contributed by atoms with E-state index in [0.29, 0.717) is 0 Å². The van der Waals surface area contributed by atoms with Crippen molar-refractivity contribution in [2.24, 2.45) is 0 Å². The van der Waals surface area contributed by atoms with Crippen LogP contribution in [0.1, 0.15) is 5.56 Å². The van der Waals surface area contributed by atoms with Gasteiger partial charge < -0.3 is 15.1 Å². The first-order valence-electron chi connectivity index (χ1n) is 9.20. The van der Waals surface area contributed by atoms with Gasteiger partial charge in [-0.2, -0.15) is 0 Å². The fraction of sp³-hybridized carbons (Fsp3) is 0.182. The van der Waals surface area contributed by atoms with E-state index in [9.17, 15) is 0 Å². The molecule has 3 nitrogen and oxygen atoms in total. The van der Waals surface area contributed by atoms with E-state index in [1.54, 1.807) is 0 Å². The van der Waals surface area contributed by atoms with Crippen LogP contribution in [0, 0.1) is 0 Å². The maximum atomic E-state index is 5.70. The molecule has 1 fully saturated rings. The van der Waals surface area contributed by atoms with Crippen molar-refractivity contribution in [2.75, 3.05) is 31.5 Å². The number of rotatable bonds is 2. The van der Waals surface area contributed by atoms with E-state index in [1.165, 1.54) is 10.8 Å². The first-order chi connectivity index (χ1) is 13.6. The molecular formula is C22H20BrN3S2. The van der Waals surface area contributed by atoms with Crippen LogP contribution in [-0.2, 0) is 0 Å². The minimum atomic E-state index is 0.768. The molecule has 0 radical (unpaired) electrons. The van der Waals surface area contributed by atoms with Crippen LogP contribution in [-0.4, -0.2) is 46.1 Å². The Hall–Kier alpha value is -2.02. The number of thiocarbonyl (C=S) groups is 2. The highest BCUT2D eigenvalue weighted by Gasteiger charge is 2.21. The van der Waals surface area contributed by atoms with Gasteiger partial charge >= 0.3 is 0 Å². The van der Waals surface area contributed by atoms with Gasteiger partial charge in [0.05, 0.1) is 0 Å². The SMILES string of the molecule is S=C(Nc1cccc2ccccc12)N1CCN(C(=S)c2cccc(Br)c2)CC1. The quantitative estimate of drug-likeness (QED) is 0.512. The first kappa shape index (κ1) is 19.3. The smallest absolute Gasteiger partial charge is 0.173 e. The fourth-order valence-electron chi connectivity index (χ4n) is 3.45. The average molecular weight is 470 g/mol. The van der Waals surface area contributed by atoms with Gasteiger partial charge in [-0.3, -0.25) is 0 Å². The molecule has 1 N–H and O–H groups in total. The van der Waals surface area contributed by atoms with Gasteiger partial charge in [0.1, 0.15) is 4.99 Å². The second-order valence-electron chi connectivity index (χ2n) is 6.75. The summed E-state index contributed by atoms with van der Waals surface area (Å²) in [5, 5.41) is 6.60. The van der Waals surface area contributed by atoms with Gasteiger partial charge in [-0.25, -0.2) is 0 Å². The van der Waals surface area contributed by atoms with E-state index >= 15 is 0 Å². The Bertz CT molecular complexity index is 1020. The van der Waals surface area contributed by atoms with Crippen LogP contribution in [0.3, 0.4) is 0 Å². The molecule has 1 saturated heterocycles. The number of anilines is 1. The molecule has 0 spiro atoms. The maximum Gasteiger partial charge on any atom is 0.173 e. The molecule has 0 atom stereocenters. The van der Waals surface area contributed by atoms with Gasteiger partial charge in [0.25, 0.3) is 0 Å². The molecular weight excluding hydrogens is 450 g/mol. The normalized spacial score (nSPS) is 14.2. The summed E-state index contributed by atoms with van der Waals surface area (Å²) < 4.78 is 1.05. The third-order valence-electron chi connectivity index (χ3n) is 4.96. The van der Waals surface area contributed by atoms with Gasteiger partial charge in [-0.1, -0.05) is 76.7 Å². The van der Waals surface area contributed by atoms with Crippen molar-refractivity contribution < 1.29 is 0 Å². The number of piperazine rings is 1. The highest BCUT2D eigenvalue weighted by Crippen LogP contribution is 2.23. The molecule has 0 bridgehead atoms. The van der Waals surface area contributed by atoms with Crippen LogP contribution in [0.5, 0.6) is 0 Å². The molecule has 0 amide bonds. The highest BCUT2D eigenvalue weighted by atomic mass is 79.9. The van der Waals surface area contributed by atoms with E-state index in [4.69, 9.17) is 24.4 Å². The van der Waals surface area contributed by atoms with Crippen molar-refractivity contribution in [3.05, 3.63) is 76.8 Å². The van der Waals surface area contributed by atoms with Crippen molar-refractivity contribution in [3.8, 4) is 0 Å². The second kappa shape index (κ2) is 8.55. The van der Waals surface area contributed by atoms with Crippen LogP contribution in [0.15, 0.2) is 71.2 Å². The van der Waals surface area contributed by atoms with Crippen LogP contribution in [0.2, 0.25) is 0 Å². The Morgan fingerprint density at radius 2 is 1.50 bits per heavy atom. The Morgan fingerprint density at radius 1 is 0.821 bits per heavy atom. The van der Waals surface area contributed by atoms with Crippen LogP contribution in [0.4, 0.5) is 5.69 Å². The van der Waals surface area contributed by atoms with Crippen molar-refractivity contribution in [1.29, 1.82) is 0 Å². The number of benzene rings is 3. The average Bonchev–Trinajstić information content (AvgIpc) is 2.73. The number of hydrogen-bond acceptors (Lipinski definition) is 2. The zero-order valence-corrected chi connectivity index (χ0v) is 18.5. The predicted molar refractivity (Wildman–Crippen MR) is 129 cm³/mol. The van der Waals surface area contributed by atoms with Gasteiger partial charge in [0.2, 0.25) is 0 Å². The second-order valence-corrected chi connectivity index (χ2v) is 8.44. The van der Waals surface area contributed by atoms with E-state index in [2.05, 4.69) is 85.6 Å². The molecule has 1 aliphatic rings. The zero-order chi connectivity index (χ0) is 19.5. The van der Waals surface area contributed by atoms with E-state index in [0.717, 1.165) is 52.0 Å². The number of nitrogens with zero attached hydrogens (tertiary/aromatic N) is 2. The third kappa shape index (κ3) is 4.19. The highest BCUT2D eigenvalue weighted by molar-refractivity contribution is 9.10. The lowest BCUT2D eigenvalue weighted by Gasteiger charge is -2.37. The molecule has 3 aromatic rings. The number of nitrogens with one attached hydrogen (secondary N) is 1. The molecule has 1 heterocycles. The minimum absolute atomic E-state index is 0.768. The van der Waals surface area contributed by atoms with Crippen LogP contribution >= 0.6 is 40.4 Å². The van der Waals surface area contributed by atoms with E-state index in [-0.39, 0.29) is 0 Å². The van der Waals surface area contributed by atoms with Crippen molar-refractivity contribution in [1.82, 2.24) is 9.80 Å². The number of hydrogen-bond donors (Lipinski definition) is 1. The Morgan fingerprint density at radius 3 is 2.29 bits per heavy atom. The number of halogens is 1. The summed E-state index contributed by atoms with van der Waals surface area (Å²) in [6.07, 6.45) is 0. The first-order valence-corrected chi connectivity index (χ1v) is 10.8. The van der Waals surface area contributed by atoms with Gasteiger partial charge in [-0.15, -0.1) is 0 Å². The molecule has 0 aromatic heterocycles. The molecule has 28 heavy (non-hydrogen) atoms. The zero-order valence-electron chi connectivity index (χ0n) is 15.3. The van der Waals surface area contributed by atoms with Crippen LogP contribution in [0.25, 0.3) is 10.8 Å². The largest absolute Gasteiger partial charge is 0.359 e. The van der Waals surface area contributed by atoms with E-state index < -0.39 is 0 Å². The lowest BCUT2D eigenvalue weighted by molar-refractivity contribution is 0.264. The monoisotopic (exact) mass is 469 g/mol. The Kier molecular flexibility index (Phi) is 5.90. The topological polar surface area (TPSA) is 18.5 Å². The van der Waals surface area contributed by atoms with Gasteiger partial charge in [0, 0.05) is 47.3 Å². The van der Waals surface area contributed by atoms with Crippen molar-refractivity contribution in [2.45, 2.75) is 0 Å². The Balaban J connectivity index is 1.39. The summed E-state index contributed by atoms with van der Waals surface area (Å²) in [7, 11) is 0. The lowest BCUT2D eigenvalue weighted by Crippen LogP contribution is -2.51. The molecule has 0 aliphatic carbocycles. The molecule has 142 valence electrons. The summed E-state index contributed by atoms with van der Waals surface area (Å²) in [5.41, 5.74) is 2.13. The van der Waals surface area contributed by atoms with Crippen molar-refractivity contribution in [3.63, 3.8) is 0 Å². The molecule has 6 heteroatoms. The summed E-state index contributed by atoms with van der Waals surface area (Å²) in [5.74, 6) is 0. The predicted octanol–water partition coefficient (Wildman–Crippen LogP) is 5.29. The summed E-state index contributed by atoms with van der Waals surface area (Å²) >= 11 is 14.9. The molecule has 4 rings (SSSR count). The Labute approximate surface area is 184 Å². The third-order valence-corrected chi connectivity index (χ3v) is 6.30.